The standard InChI is InChI=1S/C12H11BrN2O/c13-8-1-2-11-9(4-8)10(6-14-11)7-3-12(16)15-5-7/h1-2,4,6-7,14H,3,5H2,(H,15,16). The third kappa shape index (κ3) is 1.53. The number of hydrogen-bond acceptors (Lipinski definition) is 1. The summed E-state index contributed by atoms with van der Waals surface area (Å²) in [6.45, 7) is 0.748. The first kappa shape index (κ1) is 9.90. The maximum atomic E-state index is 11.2. The van der Waals surface area contributed by atoms with Crippen LogP contribution in [0.15, 0.2) is 28.9 Å². The van der Waals surface area contributed by atoms with E-state index in [9.17, 15) is 4.79 Å². The van der Waals surface area contributed by atoms with Crippen molar-refractivity contribution in [3.05, 3.63) is 34.4 Å². The Kier molecular flexibility index (Phi) is 2.24. The van der Waals surface area contributed by atoms with Crippen molar-refractivity contribution < 1.29 is 4.79 Å². The van der Waals surface area contributed by atoms with E-state index in [0.29, 0.717) is 12.3 Å². The molecule has 1 aromatic carbocycles. The van der Waals surface area contributed by atoms with Crippen molar-refractivity contribution >= 4 is 32.7 Å². The van der Waals surface area contributed by atoms with Crippen LogP contribution in [0.25, 0.3) is 10.9 Å². The van der Waals surface area contributed by atoms with Gasteiger partial charge in [-0.15, -0.1) is 0 Å². The maximum Gasteiger partial charge on any atom is 0.220 e. The predicted molar refractivity (Wildman–Crippen MR) is 66.4 cm³/mol. The lowest BCUT2D eigenvalue weighted by Crippen LogP contribution is -2.13. The van der Waals surface area contributed by atoms with E-state index in [0.717, 1.165) is 16.5 Å². The molecule has 1 atom stereocenters. The molecule has 16 heavy (non-hydrogen) atoms. The van der Waals surface area contributed by atoms with Gasteiger partial charge in [0.05, 0.1) is 0 Å². The van der Waals surface area contributed by atoms with Gasteiger partial charge in [-0.1, -0.05) is 15.9 Å². The summed E-state index contributed by atoms with van der Waals surface area (Å²) in [5, 5.41) is 4.08. The molecule has 1 aromatic heterocycles. The molecule has 1 amide bonds. The first-order chi connectivity index (χ1) is 7.74. The summed E-state index contributed by atoms with van der Waals surface area (Å²) in [7, 11) is 0. The van der Waals surface area contributed by atoms with Gasteiger partial charge < -0.3 is 10.3 Å². The summed E-state index contributed by atoms with van der Waals surface area (Å²) in [6, 6.07) is 6.16. The fourth-order valence-electron chi connectivity index (χ4n) is 2.28. The Hall–Kier alpha value is -1.29. The van der Waals surface area contributed by atoms with Gasteiger partial charge in [0.1, 0.15) is 0 Å². The number of H-pyrrole nitrogens is 1. The van der Waals surface area contributed by atoms with Gasteiger partial charge in [0.2, 0.25) is 5.91 Å². The van der Waals surface area contributed by atoms with E-state index in [1.807, 2.05) is 18.3 Å². The number of nitrogens with one attached hydrogen (secondary N) is 2. The van der Waals surface area contributed by atoms with Crippen LogP contribution in [0, 0.1) is 0 Å². The van der Waals surface area contributed by atoms with Gasteiger partial charge in [0.15, 0.2) is 0 Å². The highest BCUT2D eigenvalue weighted by atomic mass is 79.9. The molecule has 1 aliphatic rings. The zero-order valence-electron chi connectivity index (χ0n) is 8.59. The minimum absolute atomic E-state index is 0.148. The number of carbonyl (C=O) groups excluding carboxylic acids is 1. The molecule has 1 fully saturated rings. The molecule has 0 spiro atoms. The van der Waals surface area contributed by atoms with Gasteiger partial charge in [-0.05, 0) is 23.8 Å². The molecular weight excluding hydrogens is 268 g/mol. The molecule has 0 saturated carbocycles. The van der Waals surface area contributed by atoms with Crippen molar-refractivity contribution in [2.75, 3.05) is 6.54 Å². The van der Waals surface area contributed by atoms with Crippen LogP contribution in [0.1, 0.15) is 17.9 Å². The van der Waals surface area contributed by atoms with Crippen LogP contribution in [-0.4, -0.2) is 17.4 Å². The molecule has 1 unspecified atom stereocenters. The normalized spacial score (nSPS) is 20.3. The third-order valence-electron chi connectivity index (χ3n) is 3.09. The average molecular weight is 279 g/mol. The SMILES string of the molecule is O=C1CC(c2c[nH]c3ccc(Br)cc23)CN1. The maximum absolute atomic E-state index is 11.2. The summed E-state index contributed by atoms with van der Waals surface area (Å²) < 4.78 is 1.07. The molecule has 2 N–H and O–H groups in total. The Morgan fingerprint density at radius 2 is 2.25 bits per heavy atom. The number of hydrogen-bond donors (Lipinski definition) is 2. The number of halogens is 1. The van der Waals surface area contributed by atoms with Crippen molar-refractivity contribution in [3.8, 4) is 0 Å². The van der Waals surface area contributed by atoms with E-state index < -0.39 is 0 Å². The van der Waals surface area contributed by atoms with Gasteiger partial charge in [0.25, 0.3) is 0 Å². The molecule has 0 bridgehead atoms. The molecular formula is C12H11BrN2O. The lowest BCUT2D eigenvalue weighted by Gasteiger charge is -2.05. The smallest absolute Gasteiger partial charge is 0.220 e. The molecule has 2 heterocycles. The second kappa shape index (κ2) is 3.63. The molecule has 3 nitrogen and oxygen atoms in total. The highest BCUT2D eigenvalue weighted by Gasteiger charge is 2.25. The van der Waals surface area contributed by atoms with E-state index in [4.69, 9.17) is 0 Å². The number of fused-ring (bicyclic) bond motifs is 1. The van der Waals surface area contributed by atoms with Crippen molar-refractivity contribution in [2.24, 2.45) is 0 Å². The Labute approximate surface area is 101 Å². The summed E-state index contributed by atoms with van der Waals surface area (Å²) >= 11 is 3.48. The number of amides is 1. The van der Waals surface area contributed by atoms with Crippen LogP contribution >= 0.6 is 15.9 Å². The molecule has 1 aliphatic heterocycles. The van der Waals surface area contributed by atoms with E-state index in [1.54, 1.807) is 0 Å². The number of rotatable bonds is 1. The fraction of sp³-hybridized carbons (Fsp3) is 0.250. The van der Waals surface area contributed by atoms with Gasteiger partial charge in [-0.2, -0.15) is 0 Å². The first-order valence-corrected chi connectivity index (χ1v) is 6.06. The largest absolute Gasteiger partial charge is 0.361 e. The lowest BCUT2D eigenvalue weighted by atomic mass is 9.98. The van der Waals surface area contributed by atoms with Crippen LogP contribution in [0.3, 0.4) is 0 Å². The van der Waals surface area contributed by atoms with E-state index in [2.05, 4.69) is 32.3 Å². The lowest BCUT2D eigenvalue weighted by molar-refractivity contribution is -0.119. The topological polar surface area (TPSA) is 44.9 Å². The predicted octanol–water partition coefficient (Wildman–Crippen LogP) is 2.53. The van der Waals surface area contributed by atoms with Crippen LogP contribution in [0.2, 0.25) is 0 Å². The van der Waals surface area contributed by atoms with Crippen molar-refractivity contribution in [2.45, 2.75) is 12.3 Å². The monoisotopic (exact) mass is 278 g/mol. The van der Waals surface area contributed by atoms with Crippen LogP contribution in [-0.2, 0) is 4.79 Å². The second-order valence-electron chi connectivity index (χ2n) is 4.14. The van der Waals surface area contributed by atoms with Crippen molar-refractivity contribution in [1.29, 1.82) is 0 Å². The van der Waals surface area contributed by atoms with Crippen molar-refractivity contribution in [3.63, 3.8) is 0 Å². The summed E-state index contributed by atoms with van der Waals surface area (Å²) in [4.78, 5) is 14.5. The van der Waals surface area contributed by atoms with E-state index in [-0.39, 0.29) is 5.91 Å². The van der Waals surface area contributed by atoms with Gasteiger partial charge >= 0.3 is 0 Å². The summed E-state index contributed by atoms with van der Waals surface area (Å²) in [5.74, 6) is 0.449. The highest BCUT2D eigenvalue weighted by Crippen LogP contribution is 2.31. The zero-order valence-corrected chi connectivity index (χ0v) is 10.2. The number of benzene rings is 1. The molecule has 1 saturated heterocycles. The average Bonchev–Trinajstić information content (AvgIpc) is 2.83. The molecule has 2 aromatic rings. The van der Waals surface area contributed by atoms with Gasteiger partial charge in [-0.25, -0.2) is 0 Å². The Morgan fingerprint density at radius 1 is 1.38 bits per heavy atom. The molecule has 3 rings (SSSR count). The van der Waals surface area contributed by atoms with Crippen LogP contribution < -0.4 is 5.32 Å². The number of aromatic amines is 1. The summed E-state index contributed by atoms with van der Waals surface area (Å²) in [6.07, 6.45) is 2.61. The highest BCUT2D eigenvalue weighted by molar-refractivity contribution is 9.10. The zero-order chi connectivity index (χ0) is 11.1. The van der Waals surface area contributed by atoms with E-state index in [1.165, 1.54) is 10.9 Å². The summed E-state index contributed by atoms with van der Waals surface area (Å²) in [5.41, 5.74) is 2.35. The van der Waals surface area contributed by atoms with Crippen LogP contribution in [0.5, 0.6) is 0 Å². The quantitative estimate of drug-likeness (QED) is 0.827. The minimum atomic E-state index is 0.148. The van der Waals surface area contributed by atoms with Crippen molar-refractivity contribution in [1.82, 2.24) is 10.3 Å². The molecule has 82 valence electrons. The Morgan fingerprint density at radius 3 is 3.00 bits per heavy atom. The second-order valence-corrected chi connectivity index (χ2v) is 5.05. The Balaban J connectivity index is 2.09. The third-order valence-corrected chi connectivity index (χ3v) is 3.59. The molecule has 4 heteroatoms. The van der Waals surface area contributed by atoms with Gasteiger partial charge in [-0.3, -0.25) is 4.79 Å². The van der Waals surface area contributed by atoms with Gasteiger partial charge in [0, 0.05) is 40.5 Å². The minimum Gasteiger partial charge on any atom is -0.361 e. The Bertz CT molecular complexity index is 561. The molecule has 0 aliphatic carbocycles. The number of carbonyl (C=O) groups is 1. The molecule has 0 radical (unpaired) electrons. The van der Waals surface area contributed by atoms with Crippen LogP contribution in [0.4, 0.5) is 0 Å². The number of aromatic nitrogens is 1. The fourth-order valence-corrected chi connectivity index (χ4v) is 2.64. The first-order valence-electron chi connectivity index (χ1n) is 5.27. The van der Waals surface area contributed by atoms with E-state index >= 15 is 0 Å².